The molecule has 2 N–H and O–H groups in total. The van der Waals surface area contributed by atoms with E-state index < -0.39 is 16.3 Å². The van der Waals surface area contributed by atoms with E-state index in [1.165, 1.54) is 10.7 Å². The van der Waals surface area contributed by atoms with Gasteiger partial charge in [-0.3, -0.25) is 4.79 Å². The van der Waals surface area contributed by atoms with Crippen LogP contribution in [0.25, 0.3) is 0 Å². The summed E-state index contributed by atoms with van der Waals surface area (Å²) in [6.45, 7) is 2.76. The number of carbonyl (C=O) groups is 1. The Morgan fingerprint density at radius 2 is 1.86 bits per heavy atom. The molecule has 1 aliphatic heterocycles. The highest BCUT2D eigenvalue weighted by atomic mass is 32.2. The van der Waals surface area contributed by atoms with Crippen LogP contribution in [0.15, 0.2) is 0 Å². The van der Waals surface area contributed by atoms with Crippen molar-refractivity contribution in [3.63, 3.8) is 0 Å². The third-order valence-corrected chi connectivity index (χ3v) is 5.92. The van der Waals surface area contributed by atoms with Gasteiger partial charge >= 0.3 is 0 Å². The number of nitrogens with one attached hydrogen (secondary N) is 2. The normalized spacial score (nSPS) is 25.1. The number of hydrogen-bond donors (Lipinski definition) is 2. The van der Waals surface area contributed by atoms with Gasteiger partial charge in [-0.05, 0) is 32.1 Å². The molecular weight excluding hydrogens is 290 g/mol. The summed E-state index contributed by atoms with van der Waals surface area (Å²) in [5.41, 5.74) is 0. The Kier molecular flexibility index (Phi) is 6.01. The maximum Gasteiger partial charge on any atom is 0.280 e. The quantitative estimate of drug-likeness (QED) is 0.771. The second-order valence-corrected chi connectivity index (χ2v) is 7.72. The first kappa shape index (κ1) is 16.7. The Hall–Kier alpha value is -0.660. The minimum atomic E-state index is -3.53. The molecule has 0 aromatic carbocycles. The first-order valence-corrected chi connectivity index (χ1v) is 9.55. The summed E-state index contributed by atoms with van der Waals surface area (Å²) in [5, 5.41) is 3.05. The maximum atomic E-state index is 12.4. The lowest BCUT2D eigenvalue weighted by molar-refractivity contribution is -0.125. The van der Waals surface area contributed by atoms with Crippen LogP contribution in [0.3, 0.4) is 0 Å². The molecule has 0 aromatic heterocycles. The van der Waals surface area contributed by atoms with Gasteiger partial charge in [0.05, 0.1) is 0 Å². The zero-order valence-corrected chi connectivity index (χ0v) is 13.6. The van der Waals surface area contributed by atoms with Crippen LogP contribution in [0.5, 0.6) is 0 Å². The summed E-state index contributed by atoms with van der Waals surface area (Å²) in [7, 11) is -3.53. The van der Waals surface area contributed by atoms with E-state index in [9.17, 15) is 13.2 Å². The molecule has 2 aliphatic rings. The molecule has 6 nitrogen and oxygen atoms in total. The Morgan fingerprint density at radius 1 is 1.14 bits per heavy atom. The topological polar surface area (TPSA) is 78.5 Å². The SMILES string of the molecule is CCCNS(=O)(=O)N1CCCC1C(=O)NC1CCCCC1. The summed E-state index contributed by atoms with van der Waals surface area (Å²) in [6.07, 6.45) is 7.66. The van der Waals surface area contributed by atoms with Gasteiger partial charge in [-0.25, -0.2) is 4.72 Å². The van der Waals surface area contributed by atoms with E-state index in [4.69, 9.17) is 0 Å². The molecule has 1 atom stereocenters. The first-order valence-electron chi connectivity index (χ1n) is 8.11. The highest BCUT2D eigenvalue weighted by molar-refractivity contribution is 7.87. The van der Waals surface area contributed by atoms with Crippen LogP contribution < -0.4 is 10.0 Å². The molecule has 7 heteroatoms. The van der Waals surface area contributed by atoms with Crippen LogP contribution in [0.4, 0.5) is 0 Å². The van der Waals surface area contributed by atoms with E-state index in [0.29, 0.717) is 19.5 Å². The highest BCUT2D eigenvalue weighted by Crippen LogP contribution is 2.22. The van der Waals surface area contributed by atoms with Crippen molar-refractivity contribution in [2.24, 2.45) is 0 Å². The third-order valence-electron chi connectivity index (χ3n) is 4.30. The van der Waals surface area contributed by atoms with E-state index in [1.54, 1.807) is 0 Å². The lowest BCUT2D eigenvalue weighted by Gasteiger charge is -2.27. The van der Waals surface area contributed by atoms with Gasteiger partial charge in [0, 0.05) is 19.1 Å². The second kappa shape index (κ2) is 7.56. The van der Waals surface area contributed by atoms with Crippen molar-refractivity contribution in [3.8, 4) is 0 Å². The van der Waals surface area contributed by atoms with Gasteiger partial charge in [0.25, 0.3) is 10.2 Å². The minimum Gasteiger partial charge on any atom is -0.352 e. The maximum absolute atomic E-state index is 12.4. The van der Waals surface area contributed by atoms with E-state index in [-0.39, 0.29) is 11.9 Å². The molecule has 21 heavy (non-hydrogen) atoms. The van der Waals surface area contributed by atoms with E-state index in [2.05, 4.69) is 10.0 Å². The average molecular weight is 317 g/mol. The van der Waals surface area contributed by atoms with Crippen LogP contribution in [0.2, 0.25) is 0 Å². The van der Waals surface area contributed by atoms with Crippen LogP contribution in [-0.4, -0.2) is 43.8 Å². The van der Waals surface area contributed by atoms with Crippen molar-refractivity contribution < 1.29 is 13.2 Å². The van der Waals surface area contributed by atoms with Crippen LogP contribution >= 0.6 is 0 Å². The van der Waals surface area contributed by atoms with Gasteiger partial charge in [-0.2, -0.15) is 12.7 Å². The predicted molar refractivity (Wildman–Crippen MR) is 82.0 cm³/mol. The highest BCUT2D eigenvalue weighted by Gasteiger charge is 2.38. The molecule has 1 heterocycles. The molecule has 1 aliphatic carbocycles. The number of rotatable bonds is 6. The molecule has 1 unspecified atom stereocenters. The Bertz CT molecular complexity index is 446. The van der Waals surface area contributed by atoms with Crippen LogP contribution in [0.1, 0.15) is 58.3 Å². The van der Waals surface area contributed by atoms with Crippen molar-refractivity contribution >= 4 is 16.1 Å². The average Bonchev–Trinajstić information content (AvgIpc) is 2.97. The van der Waals surface area contributed by atoms with Crippen molar-refractivity contribution in [3.05, 3.63) is 0 Å². The minimum absolute atomic E-state index is 0.124. The fourth-order valence-corrected chi connectivity index (χ4v) is 4.68. The van der Waals surface area contributed by atoms with E-state index in [1.807, 2.05) is 6.92 Å². The van der Waals surface area contributed by atoms with Gasteiger partial charge in [-0.1, -0.05) is 26.2 Å². The summed E-state index contributed by atoms with van der Waals surface area (Å²) >= 11 is 0. The monoisotopic (exact) mass is 317 g/mol. The standard InChI is InChI=1S/C14H27N3O3S/c1-2-10-15-21(19,20)17-11-6-9-13(17)14(18)16-12-7-4-3-5-8-12/h12-13,15H,2-11H2,1H3,(H,16,18). The lowest BCUT2D eigenvalue weighted by Crippen LogP contribution is -2.51. The number of hydrogen-bond acceptors (Lipinski definition) is 3. The second-order valence-electron chi connectivity index (χ2n) is 6.01. The third kappa shape index (κ3) is 4.40. The molecule has 1 saturated heterocycles. The van der Waals surface area contributed by atoms with Crippen molar-refractivity contribution in [1.29, 1.82) is 0 Å². The number of carbonyl (C=O) groups excluding carboxylic acids is 1. The molecule has 2 fully saturated rings. The van der Waals surface area contributed by atoms with Crippen molar-refractivity contribution in [1.82, 2.24) is 14.3 Å². The zero-order chi connectivity index (χ0) is 15.3. The summed E-state index contributed by atoms with van der Waals surface area (Å²) in [5.74, 6) is -0.124. The molecule has 1 saturated carbocycles. The van der Waals surface area contributed by atoms with Crippen molar-refractivity contribution in [2.45, 2.75) is 70.4 Å². The molecule has 0 aromatic rings. The number of amides is 1. The molecule has 122 valence electrons. The molecular formula is C14H27N3O3S. The molecule has 1 amide bonds. The predicted octanol–water partition coefficient (Wildman–Crippen LogP) is 1.14. The molecule has 0 spiro atoms. The van der Waals surface area contributed by atoms with Gasteiger partial charge < -0.3 is 5.32 Å². The molecule has 0 bridgehead atoms. The van der Waals surface area contributed by atoms with Gasteiger partial charge in [0.2, 0.25) is 5.91 Å². The van der Waals surface area contributed by atoms with Crippen LogP contribution in [-0.2, 0) is 15.0 Å². The fraction of sp³-hybridized carbons (Fsp3) is 0.929. The summed E-state index contributed by atoms with van der Waals surface area (Å²) < 4.78 is 28.4. The van der Waals surface area contributed by atoms with Gasteiger partial charge in [-0.15, -0.1) is 0 Å². The van der Waals surface area contributed by atoms with Crippen molar-refractivity contribution in [2.75, 3.05) is 13.1 Å². The number of nitrogens with zero attached hydrogens (tertiary/aromatic N) is 1. The first-order chi connectivity index (χ1) is 10.0. The largest absolute Gasteiger partial charge is 0.352 e. The summed E-state index contributed by atoms with van der Waals surface area (Å²) in [6, 6.07) is -0.318. The zero-order valence-electron chi connectivity index (χ0n) is 12.8. The van der Waals surface area contributed by atoms with Gasteiger partial charge in [0.15, 0.2) is 0 Å². The molecule has 2 rings (SSSR count). The van der Waals surface area contributed by atoms with Gasteiger partial charge in [0.1, 0.15) is 6.04 Å². The Morgan fingerprint density at radius 3 is 2.52 bits per heavy atom. The van der Waals surface area contributed by atoms with Crippen LogP contribution in [0, 0.1) is 0 Å². The Labute approximate surface area is 127 Å². The van der Waals surface area contributed by atoms with E-state index in [0.717, 1.165) is 38.5 Å². The summed E-state index contributed by atoms with van der Waals surface area (Å²) in [4.78, 5) is 12.4. The molecule has 0 radical (unpaired) electrons. The fourth-order valence-electron chi connectivity index (χ4n) is 3.15. The Balaban J connectivity index is 1.95. The van der Waals surface area contributed by atoms with E-state index >= 15 is 0 Å². The lowest BCUT2D eigenvalue weighted by atomic mass is 9.95. The smallest absolute Gasteiger partial charge is 0.280 e.